The normalized spacial score (nSPS) is 22.4. The van der Waals surface area contributed by atoms with Crippen LogP contribution >= 0.6 is 0 Å². The summed E-state index contributed by atoms with van der Waals surface area (Å²) < 4.78 is 0. The van der Waals surface area contributed by atoms with E-state index < -0.39 is 0 Å². The van der Waals surface area contributed by atoms with Crippen LogP contribution < -0.4 is 4.90 Å². The third-order valence-electron chi connectivity index (χ3n) is 1.30. The van der Waals surface area contributed by atoms with E-state index in [9.17, 15) is 0 Å². The van der Waals surface area contributed by atoms with Crippen molar-refractivity contribution in [2.75, 3.05) is 0 Å². The summed E-state index contributed by atoms with van der Waals surface area (Å²) in [5, 5.41) is 0. The molecule has 0 aromatic rings. The van der Waals surface area contributed by atoms with Gasteiger partial charge in [0, 0.05) is 6.08 Å². The molecule has 0 fully saturated rings. The van der Waals surface area contributed by atoms with Crippen LogP contribution in [-0.2, 0) is 0 Å². The lowest BCUT2D eigenvalue weighted by Crippen LogP contribution is -2.21. The van der Waals surface area contributed by atoms with Crippen LogP contribution in [0.2, 0.25) is 0 Å². The van der Waals surface area contributed by atoms with Gasteiger partial charge in [-0.2, -0.15) is 4.99 Å². The van der Waals surface area contributed by atoms with E-state index in [0.717, 1.165) is 5.84 Å². The summed E-state index contributed by atoms with van der Waals surface area (Å²) in [4.78, 5) is 6.05. The van der Waals surface area contributed by atoms with Crippen LogP contribution in [0.15, 0.2) is 41.8 Å². The maximum Gasteiger partial charge on any atom is 0.287 e. The van der Waals surface area contributed by atoms with Gasteiger partial charge in [-0.1, -0.05) is 4.90 Å². The number of hydrogen-bond donors (Lipinski definition) is 0. The Morgan fingerprint density at radius 2 is 2.22 bits per heavy atom. The van der Waals surface area contributed by atoms with Gasteiger partial charge in [0.1, 0.15) is 0 Å². The largest absolute Gasteiger partial charge is 0.287 e. The van der Waals surface area contributed by atoms with Crippen molar-refractivity contribution in [2.24, 2.45) is 4.99 Å². The van der Waals surface area contributed by atoms with E-state index in [2.05, 4.69) is 4.99 Å². The molecule has 43 valence electrons. The monoisotopic (exact) mass is 118 g/mol. The molecule has 0 amide bonds. The second-order valence-corrected chi connectivity index (χ2v) is 1.89. The zero-order valence-electron chi connectivity index (χ0n) is 4.86. The second-order valence-electron chi connectivity index (χ2n) is 1.89. The van der Waals surface area contributed by atoms with Crippen LogP contribution in [0.1, 0.15) is 0 Å². The summed E-state index contributed by atoms with van der Waals surface area (Å²) in [6.45, 7) is 0. The van der Waals surface area contributed by atoms with Crippen molar-refractivity contribution >= 4 is 5.84 Å². The Kier molecular flexibility index (Phi) is 0.872. The molecule has 0 spiro atoms. The number of fused-ring (bicyclic) bond motifs is 1. The first-order valence-corrected chi connectivity index (χ1v) is 2.84. The molecule has 2 aliphatic heterocycles. The summed E-state index contributed by atoms with van der Waals surface area (Å²) in [6.07, 6.45) is 11.6. The molecule has 2 heterocycles. The fraction of sp³-hybridized carbons (Fsp3) is 0. The van der Waals surface area contributed by atoms with Gasteiger partial charge in [0.05, 0.1) is 6.20 Å². The topological polar surface area (TPSA) is 18.3 Å². The highest BCUT2D eigenvalue weighted by Crippen LogP contribution is 2.05. The third kappa shape index (κ3) is 0.641. The fourth-order valence-electron chi connectivity index (χ4n) is 0.864. The summed E-state index contributed by atoms with van der Waals surface area (Å²) in [5.74, 6) is 0.998. The lowest BCUT2D eigenvalue weighted by molar-refractivity contribution is 0.977. The van der Waals surface area contributed by atoms with Crippen LogP contribution in [0.5, 0.6) is 0 Å². The molecule has 2 aliphatic rings. The highest BCUT2D eigenvalue weighted by molar-refractivity contribution is 5.99. The Labute approximate surface area is 53.5 Å². The summed E-state index contributed by atoms with van der Waals surface area (Å²) >= 11 is 0. The summed E-state index contributed by atoms with van der Waals surface area (Å²) in [6, 6.07) is 0. The van der Waals surface area contributed by atoms with Crippen LogP contribution in [0.4, 0.5) is 0 Å². The molecule has 0 aromatic heterocycles. The maximum atomic E-state index is 4.08. The molecular weight excluding hydrogens is 112 g/mol. The lowest BCUT2D eigenvalue weighted by Gasteiger charge is -1.95. The predicted molar refractivity (Wildman–Crippen MR) is 37.0 cm³/mol. The fourth-order valence-corrected chi connectivity index (χ4v) is 0.864. The average Bonchev–Trinajstić information content (AvgIpc) is 2.33. The van der Waals surface area contributed by atoms with Crippen LogP contribution in [0, 0.1) is 0 Å². The predicted octanol–water partition coefficient (Wildman–Crippen LogP) is 1.09. The molecule has 0 N–H and O–H groups in total. The Bertz CT molecular complexity index is 233. The van der Waals surface area contributed by atoms with Gasteiger partial charge in [-0.05, 0) is 12.2 Å². The van der Waals surface area contributed by atoms with Crippen molar-refractivity contribution in [2.45, 2.75) is 0 Å². The Morgan fingerprint density at radius 1 is 1.22 bits per heavy atom. The number of hydrogen-bond acceptors (Lipinski definition) is 2. The van der Waals surface area contributed by atoms with Crippen LogP contribution in [0.3, 0.4) is 0 Å². The minimum absolute atomic E-state index is 0.998. The minimum Gasteiger partial charge on any atom is -0.194 e. The zero-order valence-corrected chi connectivity index (χ0v) is 4.86. The van der Waals surface area contributed by atoms with E-state index >= 15 is 0 Å². The van der Waals surface area contributed by atoms with Gasteiger partial charge in [-0.15, -0.1) is 0 Å². The highest BCUT2D eigenvalue weighted by Gasteiger charge is 2.20. The van der Waals surface area contributed by atoms with E-state index in [1.807, 2.05) is 35.5 Å². The van der Waals surface area contributed by atoms with Gasteiger partial charge in [0.15, 0.2) is 12.4 Å². The minimum atomic E-state index is 0.998. The molecule has 0 aliphatic carbocycles. The van der Waals surface area contributed by atoms with Crippen LogP contribution in [0.25, 0.3) is 0 Å². The summed E-state index contributed by atoms with van der Waals surface area (Å²) in [5.41, 5.74) is 0. The molecule has 2 heteroatoms. The van der Waals surface area contributed by atoms with Crippen molar-refractivity contribution in [3.05, 3.63) is 36.8 Å². The highest BCUT2D eigenvalue weighted by atomic mass is 15.2. The molecule has 2 nitrogen and oxygen atoms in total. The first-order chi connectivity index (χ1) is 4.47. The molecule has 0 atom stereocenters. The van der Waals surface area contributed by atoms with Crippen molar-refractivity contribution in [1.29, 1.82) is 0 Å². The number of rotatable bonds is 0. The number of amidine groups is 1. The zero-order chi connectivity index (χ0) is 6.10. The maximum absolute atomic E-state index is 4.08. The van der Waals surface area contributed by atoms with Crippen LogP contribution in [-0.4, -0.2) is 5.84 Å². The van der Waals surface area contributed by atoms with Gasteiger partial charge in [0.25, 0.3) is 5.84 Å². The summed E-state index contributed by atoms with van der Waals surface area (Å²) in [7, 11) is 0. The number of nitrogens with zero attached hydrogens (tertiary/aromatic N) is 2. The number of aliphatic imine (C=N–C) groups is 1. The molecule has 1 radical (unpaired) electrons. The van der Waals surface area contributed by atoms with Crippen molar-refractivity contribution < 1.29 is 0 Å². The quantitative estimate of drug-likeness (QED) is 0.424. The molecule has 0 saturated carbocycles. The van der Waals surface area contributed by atoms with Crippen molar-refractivity contribution in [3.8, 4) is 0 Å². The Hall–Kier alpha value is -1.15. The molecule has 2 rings (SSSR count). The Balaban J connectivity index is 2.40. The molecule has 0 unspecified atom stereocenters. The van der Waals surface area contributed by atoms with Gasteiger partial charge >= 0.3 is 0 Å². The lowest BCUT2D eigenvalue weighted by atomic mass is 10.3. The van der Waals surface area contributed by atoms with E-state index in [1.165, 1.54) is 0 Å². The molecular formula is C7H6N2+. The van der Waals surface area contributed by atoms with Gasteiger partial charge in [0.2, 0.25) is 0 Å². The SMILES string of the molecule is C1=CC2=NC=C[N+]2C=C1. The second kappa shape index (κ2) is 1.67. The van der Waals surface area contributed by atoms with E-state index in [1.54, 1.807) is 6.20 Å². The molecule has 0 aromatic carbocycles. The van der Waals surface area contributed by atoms with Crippen molar-refractivity contribution in [1.82, 2.24) is 4.90 Å². The molecule has 0 bridgehead atoms. The Morgan fingerprint density at radius 3 is 3.11 bits per heavy atom. The standard InChI is InChI=1S/C7H6N2/c1-2-5-9-6-4-8-7(9)3-1/h1-6H/q+1. The molecule has 0 saturated heterocycles. The molecule has 9 heavy (non-hydrogen) atoms. The first kappa shape index (κ1) is 4.70. The average molecular weight is 118 g/mol. The van der Waals surface area contributed by atoms with Gasteiger partial charge < -0.3 is 0 Å². The van der Waals surface area contributed by atoms with E-state index in [-0.39, 0.29) is 0 Å². The van der Waals surface area contributed by atoms with E-state index in [4.69, 9.17) is 0 Å². The van der Waals surface area contributed by atoms with Gasteiger partial charge in [-0.3, -0.25) is 0 Å². The smallest absolute Gasteiger partial charge is 0.194 e. The third-order valence-corrected chi connectivity index (χ3v) is 1.30. The van der Waals surface area contributed by atoms with Gasteiger partial charge in [-0.25, -0.2) is 0 Å². The number of allylic oxidation sites excluding steroid dienone is 2. The first-order valence-electron chi connectivity index (χ1n) is 2.84. The van der Waals surface area contributed by atoms with E-state index in [0.29, 0.717) is 0 Å². The van der Waals surface area contributed by atoms with Crippen molar-refractivity contribution in [3.63, 3.8) is 0 Å².